The molecule has 0 saturated carbocycles. The van der Waals surface area contributed by atoms with E-state index in [1.54, 1.807) is 12.3 Å². The maximum atomic E-state index is 12.4. The number of ketones is 1. The smallest absolute Gasteiger partial charge is 0.189 e. The Morgan fingerprint density at radius 3 is 2.67 bits per heavy atom. The van der Waals surface area contributed by atoms with Crippen LogP contribution in [-0.2, 0) is 0 Å². The zero-order valence-electron chi connectivity index (χ0n) is 14.9. The van der Waals surface area contributed by atoms with E-state index in [2.05, 4.69) is 9.55 Å². The minimum Gasteiger partial charge on any atom is -0.494 e. The number of para-hydroxylation sites is 2. The average molecular weight is 377 g/mol. The molecule has 2 aromatic carbocycles. The van der Waals surface area contributed by atoms with Crippen molar-refractivity contribution in [3.63, 3.8) is 0 Å². The lowest BCUT2D eigenvalue weighted by Gasteiger charge is -2.10. The summed E-state index contributed by atoms with van der Waals surface area (Å²) in [7, 11) is 0. The van der Waals surface area contributed by atoms with Gasteiger partial charge in [0.1, 0.15) is 5.75 Å². The molecule has 0 fully saturated rings. The van der Waals surface area contributed by atoms with Crippen LogP contribution in [0.3, 0.4) is 0 Å². The van der Waals surface area contributed by atoms with Crippen LogP contribution in [0, 0.1) is 0 Å². The molecule has 1 N–H and O–H groups in total. The van der Waals surface area contributed by atoms with Crippen LogP contribution in [0.15, 0.2) is 72.0 Å². The van der Waals surface area contributed by atoms with E-state index in [9.17, 15) is 4.79 Å². The molecule has 2 heterocycles. The first-order valence-electron chi connectivity index (χ1n) is 8.76. The standard InChI is InChI=1S/C21H19N3O2S/c1-2-26-16-11-9-15(10-12-16)24-19-8-4-3-6-17(19)23-21(24)27-14-20(25)18-7-5-13-22-18/h3-13,22H,2,14H2,1H3. The molecule has 0 aliphatic carbocycles. The average Bonchev–Trinajstić information content (AvgIpc) is 3.35. The number of thioether (sulfide) groups is 1. The van der Waals surface area contributed by atoms with Crippen molar-refractivity contribution in [2.45, 2.75) is 12.1 Å². The Labute approximate surface area is 161 Å². The lowest BCUT2D eigenvalue weighted by atomic mass is 10.2. The zero-order valence-corrected chi connectivity index (χ0v) is 15.7. The van der Waals surface area contributed by atoms with Gasteiger partial charge in [-0.3, -0.25) is 9.36 Å². The molecule has 4 aromatic rings. The number of nitrogens with one attached hydrogen (secondary N) is 1. The molecule has 0 saturated heterocycles. The lowest BCUT2D eigenvalue weighted by molar-refractivity contribution is 0.101. The molecule has 6 heteroatoms. The second kappa shape index (κ2) is 7.72. The molecular weight excluding hydrogens is 358 g/mol. The monoisotopic (exact) mass is 377 g/mol. The fraction of sp³-hybridized carbons (Fsp3) is 0.143. The van der Waals surface area contributed by atoms with Crippen molar-refractivity contribution >= 4 is 28.6 Å². The summed E-state index contributed by atoms with van der Waals surface area (Å²) in [6, 6.07) is 19.5. The summed E-state index contributed by atoms with van der Waals surface area (Å²) in [5.41, 5.74) is 3.52. The van der Waals surface area contributed by atoms with Gasteiger partial charge in [0, 0.05) is 11.9 Å². The molecule has 4 rings (SSSR count). The van der Waals surface area contributed by atoms with Crippen LogP contribution in [0.2, 0.25) is 0 Å². The molecule has 0 bridgehead atoms. The van der Waals surface area contributed by atoms with Crippen LogP contribution in [0.4, 0.5) is 0 Å². The first-order chi connectivity index (χ1) is 13.3. The van der Waals surface area contributed by atoms with E-state index in [1.807, 2.05) is 61.5 Å². The number of fused-ring (bicyclic) bond motifs is 1. The molecular formula is C21H19N3O2S. The van der Waals surface area contributed by atoms with Gasteiger partial charge in [-0.15, -0.1) is 0 Å². The van der Waals surface area contributed by atoms with E-state index in [0.717, 1.165) is 27.6 Å². The number of H-pyrrole nitrogens is 1. The van der Waals surface area contributed by atoms with Crippen molar-refractivity contribution in [1.29, 1.82) is 0 Å². The topological polar surface area (TPSA) is 59.9 Å². The Hall–Kier alpha value is -2.99. The maximum Gasteiger partial charge on any atom is 0.189 e. The van der Waals surface area contributed by atoms with Crippen LogP contribution in [0.25, 0.3) is 16.7 Å². The van der Waals surface area contributed by atoms with Gasteiger partial charge in [0.2, 0.25) is 0 Å². The minimum absolute atomic E-state index is 0.0512. The summed E-state index contributed by atoms with van der Waals surface area (Å²) in [5, 5.41) is 0.792. The fourth-order valence-corrected chi connectivity index (χ4v) is 3.83. The molecule has 0 spiro atoms. The van der Waals surface area contributed by atoms with Gasteiger partial charge in [-0.05, 0) is 55.5 Å². The molecule has 0 aliphatic heterocycles. The first kappa shape index (κ1) is 17.4. The van der Waals surface area contributed by atoms with Crippen molar-refractivity contribution in [2.24, 2.45) is 0 Å². The van der Waals surface area contributed by atoms with Gasteiger partial charge < -0.3 is 9.72 Å². The van der Waals surface area contributed by atoms with E-state index >= 15 is 0 Å². The van der Waals surface area contributed by atoms with Gasteiger partial charge in [0.05, 0.1) is 29.1 Å². The summed E-state index contributed by atoms with van der Waals surface area (Å²) in [5.74, 6) is 1.21. The third-order valence-corrected chi connectivity index (χ3v) is 5.11. The van der Waals surface area contributed by atoms with Crippen molar-refractivity contribution in [2.75, 3.05) is 12.4 Å². The fourth-order valence-electron chi connectivity index (χ4n) is 2.92. The Balaban J connectivity index is 1.68. The highest BCUT2D eigenvalue weighted by Crippen LogP contribution is 2.29. The number of nitrogens with zero attached hydrogens (tertiary/aromatic N) is 2. The molecule has 27 heavy (non-hydrogen) atoms. The molecule has 0 unspecified atom stereocenters. The van der Waals surface area contributed by atoms with Crippen molar-refractivity contribution in [1.82, 2.24) is 14.5 Å². The highest BCUT2D eigenvalue weighted by molar-refractivity contribution is 7.99. The van der Waals surface area contributed by atoms with E-state index in [1.165, 1.54) is 11.8 Å². The lowest BCUT2D eigenvalue weighted by Crippen LogP contribution is -2.04. The number of aromatic nitrogens is 3. The highest BCUT2D eigenvalue weighted by atomic mass is 32.2. The molecule has 2 aromatic heterocycles. The van der Waals surface area contributed by atoms with Crippen LogP contribution in [0.5, 0.6) is 5.75 Å². The summed E-state index contributed by atoms with van der Waals surface area (Å²) >= 11 is 1.44. The van der Waals surface area contributed by atoms with Crippen LogP contribution in [0.1, 0.15) is 17.4 Å². The Bertz CT molecular complexity index is 1050. The number of hydrogen-bond donors (Lipinski definition) is 1. The van der Waals surface area contributed by atoms with Gasteiger partial charge in [-0.1, -0.05) is 23.9 Å². The summed E-state index contributed by atoms with van der Waals surface area (Å²) in [6.07, 6.45) is 1.76. The number of aromatic amines is 1. The van der Waals surface area contributed by atoms with E-state index in [-0.39, 0.29) is 5.78 Å². The number of imidazole rings is 1. The van der Waals surface area contributed by atoms with Crippen LogP contribution in [-0.4, -0.2) is 32.7 Å². The molecule has 0 amide bonds. The molecule has 5 nitrogen and oxygen atoms in total. The SMILES string of the molecule is CCOc1ccc(-n2c(SCC(=O)c3ccc[nH]3)nc3ccccc32)cc1. The van der Waals surface area contributed by atoms with Gasteiger partial charge >= 0.3 is 0 Å². The second-order valence-corrected chi connectivity index (χ2v) is 6.88. The number of ether oxygens (including phenoxy) is 1. The largest absolute Gasteiger partial charge is 0.494 e. The van der Waals surface area contributed by atoms with Gasteiger partial charge in [0.25, 0.3) is 0 Å². The maximum absolute atomic E-state index is 12.4. The van der Waals surface area contributed by atoms with Crippen LogP contribution >= 0.6 is 11.8 Å². The normalized spacial score (nSPS) is 11.0. The Morgan fingerprint density at radius 1 is 1.11 bits per heavy atom. The van der Waals surface area contributed by atoms with Crippen molar-refractivity contribution in [3.8, 4) is 11.4 Å². The number of hydrogen-bond acceptors (Lipinski definition) is 4. The number of Topliss-reactive ketones (excluding diaryl/α,β-unsaturated/α-hetero) is 1. The molecule has 0 atom stereocenters. The van der Waals surface area contributed by atoms with Crippen molar-refractivity contribution < 1.29 is 9.53 Å². The quantitative estimate of drug-likeness (QED) is 0.374. The minimum atomic E-state index is 0.0512. The van der Waals surface area contributed by atoms with Crippen molar-refractivity contribution in [3.05, 3.63) is 72.6 Å². The number of benzene rings is 2. The summed E-state index contributed by atoms with van der Waals surface area (Å²) < 4.78 is 7.62. The first-order valence-corrected chi connectivity index (χ1v) is 9.75. The Kier molecular flexibility index (Phi) is 4.98. The van der Waals surface area contributed by atoms with Gasteiger partial charge in [-0.25, -0.2) is 4.98 Å². The van der Waals surface area contributed by atoms with Crippen LogP contribution < -0.4 is 4.74 Å². The third-order valence-electron chi connectivity index (χ3n) is 4.17. The summed E-state index contributed by atoms with van der Waals surface area (Å²) in [4.78, 5) is 20.0. The van der Waals surface area contributed by atoms with Gasteiger partial charge in [-0.2, -0.15) is 0 Å². The van der Waals surface area contributed by atoms with E-state index in [0.29, 0.717) is 18.1 Å². The number of carbonyl (C=O) groups is 1. The number of carbonyl (C=O) groups excluding carboxylic acids is 1. The zero-order chi connectivity index (χ0) is 18.6. The molecule has 0 aliphatic rings. The Morgan fingerprint density at radius 2 is 1.93 bits per heavy atom. The predicted octanol–water partition coefficient (Wildman–Crippen LogP) is 4.73. The predicted molar refractivity (Wildman–Crippen MR) is 108 cm³/mol. The van der Waals surface area contributed by atoms with Gasteiger partial charge in [0.15, 0.2) is 10.9 Å². The highest BCUT2D eigenvalue weighted by Gasteiger charge is 2.15. The molecule has 136 valence electrons. The molecule has 0 radical (unpaired) electrons. The third kappa shape index (κ3) is 3.61. The number of rotatable bonds is 7. The second-order valence-electron chi connectivity index (χ2n) is 5.94. The van der Waals surface area contributed by atoms with E-state index < -0.39 is 0 Å². The van der Waals surface area contributed by atoms with E-state index in [4.69, 9.17) is 9.72 Å². The summed E-state index contributed by atoms with van der Waals surface area (Å²) in [6.45, 7) is 2.60.